The van der Waals surface area contributed by atoms with Crippen LogP contribution in [0, 0.1) is 5.92 Å². The summed E-state index contributed by atoms with van der Waals surface area (Å²) in [6.07, 6.45) is 7.36. The van der Waals surface area contributed by atoms with E-state index in [2.05, 4.69) is 29.2 Å². The molecule has 9 heteroatoms. The Morgan fingerprint density at radius 1 is 1.15 bits per heavy atom. The SMILES string of the molecule is CC(C)CCNC(=O)[C@]1(C)Cn2nc(C(=O)N3CCN(C4CCCCC4)CC3)cc2C(=O)N1C. The van der Waals surface area contributed by atoms with Gasteiger partial charge in [0.15, 0.2) is 5.69 Å². The normalized spacial score (nSPS) is 24.4. The highest BCUT2D eigenvalue weighted by atomic mass is 16.2. The summed E-state index contributed by atoms with van der Waals surface area (Å²) in [7, 11) is 1.65. The molecule has 0 unspecified atom stereocenters. The highest BCUT2D eigenvalue weighted by Crippen LogP contribution is 2.27. The number of nitrogens with one attached hydrogen (secondary N) is 1. The predicted octanol–water partition coefficient (Wildman–Crippen LogP) is 1.98. The zero-order valence-electron chi connectivity index (χ0n) is 21.2. The van der Waals surface area contributed by atoms with Crippen LogP contribution in [0.5, 0.6) is 0 Å². The topological polar surface area (TPSA) is 90.8 Å². The third-order valence-corrected chi connectivity index (χ3v) is 7.91. The van der Waals surface area contributed by atoms with E-state index >= 15 is 0 Å². The molecule has 3 aliphatic rings. The largest absolute Gasteiger partial charge is 0.354 e. The van der Waals surface area contributed by atoms with Gasteiger partial charge in [0.25, 0.3) is 11.8 Å². The molecule has 3 heterocycles. The summed E-state index contributed by atoms with van der Waals surface area (Å²) in [4.78, 5) is 45.2. The number of piperazine rings is 1. The van der Waals surface area contributed by atoms with Crippen molar-refractivity contribution in [3.63, 3.8) is 0 Å². The monoisotopic (exact) mass is 472 g/mol. The third kappa shape index (κ3) is 4.85. The Hall–Kier alpha value is -2.42. The number of hydrogen-bond donors (Lipinski definition) is 1. The summed E-state index contributed by atoms with van der Waals surface area (Å²) in [5.41, 5.74) is -0.412. The molecule has 1 aromatic heterocycles. The van der Waals surface area contributed by atoms with Crippen molar-refractivity contribution in [1.29, 1.82) is 0 Å². The Balaban J connectivity index is 1.41. The molecule has 34 heavy (non-hydrogen) atoms. The number of amides is 3. The van der Waals surface area contributed by atoms with Gasteiger partial charge in [0.05, 0.1) is 6.54 Å². The zero-order chi connectivity index (χ0) is 24.5. The standard InChI is InChI=1S/C25H40N6O3/c1-18(2)10-11-26-24(34)25(3)17-31-21(23(33)28(25)4)16-20(27-31)22(32)30-14-12-29(13-15-30)19-8-6-5-7-9-19/h16,18-19H,5-15,17H2,1-4H3,(H,26,34)/t25-/m0/s1. The van der Waals surface area contributed by atoms with Gasteiger partial charge in [-0.25, -0.2) is 0 Å². The second-order valence-corrected chi connectivity index (χ2v) is 10.8. The van der Waals surface area contributed by atoms with Crippen LogP contribution in [0.1, 0.15) is 80.3 Å². The smallest absolute Gasteiger partial charge is 0.274 e. The molecule has 2 aliphatic heterocycles. The number of fused-ring (bicyclic) bond motifs is 1. The van der Waals surface area contributed by atoms with Crippen LogP contribution in [-0.4, -0.2) is 93.6 Å². The van der Waals surface area contributed by atoms with Gasteiger partial charge in [0.2, 0.25) is 5.91 Å². The Labute approximate surface area is 202 Å². The minimum Gasteiger partial charge on any atom is -0.354 e. The molecule has 2 fully saturated rings. The van der Waals surface area contributed by atoms with Crippen LogP contribution in [0.25, 0.3) is 0 Å². The van der Waals surface area contributed by atoms with Gasteiger partial charge >= 0.3 is 0 Å². The zero-order valence-corrected chi connectivity index (χ0v) is 21.2. The van der Waals surface area contributed by atoms with Gasteiger partial charge < -0.3 is 15.1 Å². The van der Waals surface area contributed by atoms with Crippen LogP contribution in [-0.2, 0) is 11.3 Å². The minimum atomic E-state index is -1.06. The van der Waals surface area contributed by atoms with Crippen LogP contribution >= 0.6 is 0 Å². The average Bonchev–Trinajstić information content (AvgIpc) is 3.26. The van der Waals surface area contributed by atoms with Crippen LogP contribution < -0.4 is 5.32 Å². The van der Waals surface area contributed by atoms with Crippen molar-refractivity contribution in [3.05, 3.63) is 17.5 Å². The van der Waals surface area contributed by atoms with Gasteiger partial charge in [0.1, 0.15) is 11.2 Å². The summed E-state index contributed by atoms with van der Waals surface area (Å²) in [5.74, 6) is -0.142. The van der Waals surface area contributed by atoms with Crippen molar-refractivity contribution in [3.8, 4) is 0 Å². The first-order chi connectivity index (χ1) is 16.2. The van der Waals surface area contributed by atoms with E-state index in [1.165, 1.54) is 41.7 Å². The molecule has 9 nitrogen and oxygen atoms in total. The van der Waals surface area contributed by atoms with E-state index < -0.39 is 5.54 Å². The van der Waals surface area contributed by atoms with E-state index in [9.17, 15) is 14.4 Å². The van der Waals surface area contributed by atoms with Gasteiger partial charge in [-0.15, -0.1) is 0 Å². The average molecular weight is 473 g/mol. The molecule has 0 radical (unpaired) electrons. The molecule has 1 saturated carbocycles. The second kappa shape index (κ2) is 10.1. The Bertz CT molecular complexity index is 914. The van der Waals surface area contributed by atoms with Crippen molar-refractivity contribution < 1.29 is 14.4 Å². The van der Waals surface area contributed by atoms with Gasteiger partial charge in [-0.1, -0.05) is 33.1 Å². The van der Waals surface area contributed by atoms with Crippen LogP contribution in [0.4, 0.5) is 0 Å². The first-order valence-corrected chi connectivity index (χ1v) is 12.9. The fourth-order valence-electron chi connectivity index (χ4n) is 5.39. The molecule has 1 saturated heterocycles. The summed E-state index contributed by atoms with van der Waals surface area (Å²) in [6, 6.07) is 2.24. The molecular weight excluding hydrogens is 432 g/mol. The highest BCUT2D eigenvalue weighted by Gasteiger charge is 2.46. The maximum absolute atomic E-state index is 13.2. The maximum atomic E-state index is 13.2. The first kappa shape index (κ1) is 24.7. The summed E-state index contributed by atoms with van der Waals surface area (Å²) < 4.78 is 1.54. The van der Waals surface area contributed by atoms with Gasteiger partial charge in [-0.3, -0.25) is 24.0 Å². The molecule has 188 valence electrons. The van der Waals surface area contributed by atoms with Gasteiger partial charge in [-0.05, 0) is 32.1 Å². The minimum absolute atomic E-state index is 0.135. The lowest BCUT2D eigenvalue weighted by atomic mass is 9.94. The lowest BCUT2D eigenvalue weighted by Crippen LogP contribution is -2.62. The quantitative estimate of drug-likeness (QED) is 0.684. The van der Waals surface area contributed by atoms with Crippen molar-refractivity contribution >= 4 is 17.7 Å². The van der Waals surface area contributed by atoms with Crippen molar-refractivity contribution in [2.24, 2.45) is 5.92 Å². The summed E-state index contributed by atoms with van der Waals surface area (Å²) in [5, 5.41) is 7.45. The number of carbonyl (C=O) groups is 3. The van der Waals surface area contributed by atoms with E-state index in [-0.39, 0.29) is 30.0 Å². The third-order valence-electron chi connectivity index (χ3n) is 7.91. The molecule has 1 aromatic rings. The van der Waals surface area contributed by atoms with Crippen LogP contribution in [0.2, 0.25) is 0 Å². The highest BCUT2D eigenvalue weighted by molar-refractivity contribution is 6.01. The number of hydrogen-bond acceptors (Lipinski definition) is 5. The molecule has 0 aromatic carbocycles. The van der Waals surface area contributed by atoms with E-state index in [1.54, 1.807) is 20.0 Å². The lowest BCUT2D eigenvalue weighted by molar-refractivity contribution is -0.132. The molecule has 0 bridgehead atoms. The van der Waals surface area contributed by atoms with Crippen LogP contribution in [0.3, 0.4) is 0 Å². The Morgan fingerprint density at radius 3 is 2.47 bits per heavy atom. The van der Waals surface area contributed by atoms with E-state index in [4.69, 9.17) is 0 Å². The van der Waals surface area contributed by atoms with Gasteiger partial charge in [0, 0.05) is 51.9 Å². The molecule has 1 N–H and O–H groups in total. The summed E-state index contributed by atoms with van der Waals surface area (Å²) in [6.45, 7) is 9.90. The number of carbonyl (C=O) groups excluding carboxylic acids is 3. The lowest BCUT2D eigenvalue weighted by Gasteiger charge is -2.41. The number of nitrogens with zero attached hydrogens (tertiary/aromatic N) is 5. The first-order valence-electron chi connectivity index (χ1n) is 12.9. The van der Waals surface area contributed by atoms with Gasteiger partial charge in [-0.2, -0.15) is 5.10 Å². The van der Waals surface area contributed by atoms with Crippen molar-refractivity contribution in [2.75, 3.05) is 39.8 Å². The van der Waals surface area contributed by atoms with E-state index in [0.717, 1.165) is 19.5 Å². The predicted molar refractivity (Wildman–Crippen MR) is 130 cm³/mol. The molecule has 0 spiro atoms. The molecule has 1 atom stereocenters. The summed E-state index contributed by atoms with van der Waals surface area (Å²) >= 11 is 0. The Kier molecular flexibility index (Phi) is 7.31. The molecule has 4 rings (SSSR count). The number of aromatic nitrogens is 2. The number of likely N-dealkylation sites (N-methyl/N-ethyl adjacent to an activating group) is 1. The van der Waals surface area contributed by atoms with E-state index in [0.29, 0.717) is 37.3 Å². The van der Waals surface area contributed by atoms with Crippen molar-refractivity contribution in [1.82, 2.24) is 29.8 Å². The van der Waals surface area contributed by atoms with Crippen LogP contribution in [0.15, 0.2) is 6.07 Å². The fraction of sp³-hybridized carbons (Fsp3) is 0.760. The Morgan fingerprint density at radius 2 is 1.82 bits per heavy atom. The molecular formula is C25H40N6O3. The van der Waals surface area contributed by atoms with Crippen molar-refractivity contribution in [2.45, 2.75) is 77.4 Å². The fourth-order valence-corrected chi connectivity index (χ4v) is 5.39. The molecule has 3 amide bonds. The molecule has 1 aliphatic carbocycles. The van der Waals surface area contributed by atoms with E-state index in [1.807, 2.05) is 4.90 Å². The maximum Gasteiger partial charge on any atom is 0.274 e. The second-order valence-electron chi connectivity index (χ2n) is 10.8. The number of rotatable bonds is 6.